The average molecular weight is 644 g/mol. The van der Waals surface area contributed by atoms with Gasteiger partial charge in [-0.15, -0.1) is 11.3 Å². The van der Waals surface area contributed by atoms with Gasteiger partial charge in [0.05, 0.1) is 0 Å². The molecule has 0 fully saturated rings. The van der Waals surface area contributed by atoms with Crippen molar-refractivity contribution in [2.45, 2.75) is 0 Å². The Morgan fingerprint density at radius 2 is 1.06 bits per heavy atom. The minimum atomic E-state index is 0.913. The van der Waals surface area contributed by atoms with Gasteiger partial charge in [-0.1, -0.05) is 127 Å². The molecular formula is C46H29NOS. The molecule has 0 aliphatic rings. The van der Waals surface area contributed by atoms with Crippen molar-refractivity contribution in [3.63, 3.8) is 0 Å². The van der Waals surface area contributed by atoms with E-state index >= 15 is 0 Å². The van der Waals surface area contributed by atoms with E-state index in [1.54, 1.807) is 0 Å². The maximum atomic E-state index is 6.39. The summed E-state index contributed by atoms with van der Waals surface area (Å²) >= 11 is 1.86. The summed E-state index contributed by atoms with van der Waals surface area (Å²) in [5.74, 6) is 0. The zero-order valence-electron chi connectivity index (χ0n) is 26.5. The summed E-state index contributed by atoms with van der Waals surface area (Å²) in [5, 5.41) is 7.51. The van der Waals surface area contributed by atoms with Crippen molar-refractivity contribution in [1.29, 1.82) is 0 Å². The Kier molecular flexibility index (Phi) is 6.39. The Labute approximate surface area is 287 Å². The Bertz CT molecular complexity index is 2810. The highest BCUT2D eigenvalue weighted by atomic mass is 32.1. The lowest BCUT2D eigenvalue weighted by molar-refractivity contribution is 0.670. The van der Waals surface area contributed by atoms with Gasteiger partial charge in [-0.3, -0.25) is 0 Å². The summed E-state index contributed by atoms with van der Waals surface area (Å²) in [6, 6.07) is 63.2. The number of fused-ring (bicyclic) bond motifs is 8. The van der Waals surface area contributed by atoms with Gasteiger partial charge in [0, 0.05) is 53.6 Å². The molecule has 49 heavy (non-hydrogen) atoms. The van der Waals surface area contributed by atoms with Crippen molar-refractivity contribution >= 4 is 81.3 Å². The molecule has 3 heteroatoms. The van der Waals surface area contributed by atoms with E-state index in [2.05, 4.69) is 169 Å². The molecule has 0 spiro atoms. The van der Waals surface area contributed by atoms with Crippen LogP contribution in [0.2, 0.25) is 0 Å². The first-order valence-corrected chi connectivity index (χ1v) is 17.4. The monoisotopic (exact) mass is 643 g/mol. The normalized spacial score (nSPS) is 11.7. The van der Waals surface area contributed by atoms with E-state index in [4.69, 9.17) is 4.42 Å². The first-order valence-electron chi connectivity index (χ1n) is 16.6. The van der Waals surface area contributed by atoms with Gasteiger partial charge >= 0.3 is 0 Å². The van der Waals surface area contributed by atoms with Crippen molar-refractivity contribution in [1.82, 2.24) is 0 Å². The first kappa shape index (κ1) is 27.9. The molecule has 0 aliphatic carbocycles. The highest BCUT2D eigenvalue weighted by Gasteiger charge is 2.17. The molecule has 230 valence electrons. The predicted octanol–water partition coefficient (Wildman–Crippen LogP) is 13.9. The number of anilines is 3. The van der Waals surface area contributed by atoms with Gasteiger partial charge in [0.1, 0.15) is 11.2 Å². The van der Waals surface area contributed by atoms with E-state index in [9.17, 15) is 0 Å². The van der Waals surface area contributed by atoms with Crippen LogP contribution < -0.4 is 4.90 Å². The quantitative estimate of drug-likeness (QED) is 0.186. The standard InChI is InChI=1S/C46H29NOS/c1-2-9-30(10-3-1)31-17-22-34(23-18-31)47(36-26-27-41-44(29-36)49-43-28-21-32-11-4-5-12-37(32)45(41)43)35-24-19-33(20-25-35)38-14-8-15-40-39-13-6-7-16-42(39)48-46(38)40/h1-29H. The summed E-state index contributed by atoms with van der Waals surface area (Å²) in [4.78, 5) is 2.36. The molecule has 2 heterocycles. The van der Waals surface area contributed by atoms with E-state index in [-0.39, 0.29) is 0 Å². The smallest absolute Gasteiger partial charge is 0.143 e. The second-order valence-electron chi connectivity index (χ2n) is 12.5. The largest absolute Gasteiger partial charge is 0.455 e. The average Bonchev–Trinajstić information content (AvgIpc) is 3.74. The molecule has 0 N–H and O–H groups in total. The lowest BCUT2D eigenvalue weighted by Gasteiger charge is -2.26. The fourth-order valence-corrected chi connectivity index (χ4v) is 8.47. The van der Waals surface area contributed by atoms with Crippen LogP contribution in [-0.4, -0.2) is 0 Å². The van der Waals surface area contributed by atoms with Gasteiger partial charge in [-0.25, -0.2) is 0 Å². The number of nitrogens with zero attached hydrogens (tertiary/aromatic N) is 1. The topological polar surface area (TPSA) is 16.4 Å². The van der Waals surface area contributed by atoms with E-state index in [0.717, 1.165) is 50.1 Å². The fourth-order valence-electron chi connectivity index (χ4n) is 7.32. The zero-order chi connectivity index (χ0) is 32.3. The minimum Gasteiger partial charge on any atom is -0.455 e. The molecule has 0 bridgehead atoms. The van der Waals surface area contributed by atoms with Crippen molar-refractivity contribution in [3.8, 4) is 22.3 Å². The lowest BCUT2D eigenvalue weighted by atomic mass is 10.0. The molecular weight excluding hydrogens is 615 g/mol. The molecule has 10 rings (SSSR count). The Morgan fingerprint density at radius 3 is 1.88 bits per heavy atom. The zero-order valence-corrected chi connectivity index (χ0v) is 27.3. The van der Waals surface area contributed by atoms with Gasteiger partial charge in [0.25, 0.3) is 0 Å². The maximum absolute atomic E-state index is 6.39. The maximum Gasteiger partial charge on any atom is 0.143 e. The SMILES string of the molecule is c1ccc(-c2ccc(N(c3ccc(-c4cccc5c4oc4ccccc45)cc3)c3ccc4c(c3)sc3ccc5ccccc5c34)cc2)cc1. The highest BCUT2D eigenvalue weighted by Crippen LogP contribution is 2.44. The number of thiophene rings is 1. The van der Waals surface area contributed by atoms with Crippen LogP contribution in [0.5, 0.6) is 0 Å². The Morgan fingerprint density at radius 1 is 0.408 bits per heavy atom. The summed E-state index contributed by atoms with van der Waals surface area (Å²) in [6.07, 6.45) is 0. The molecule has 0 unspecified atom stereocenters. The summed E-state index contributed by atoms with van der Waals surface area (Å²) in [6.45, 7) is 0. The summed E-state index contributed by atoms with van der Waals surface area (Å²) < 4.78 is 8.98. The second-order valence-corrected chi connectivity index (χ2v) is 13.6. The molecule has 0 amide bonds. The molecule has 10 aromatic rings. The van der Waals surface area contributed by atoms with Crippen LogP contribution in [0.15, 0.2) is 180 Å². The fraction of sp³-hybridized carbons (Fsp3) is 0. The van der Waals surface area contributed by atoms with Crippen molar-refractivity contribution in [2.75, 3.05) is 4.90 Å². The number of benzene rings is 8. The molecule has 2 nitrogen and oxygen atoms in total. The van der Waals surface area contributed by atoms with Crippen molar-refractivity contribution in [2.24, 2.45) is 0 Å². The van der Waals surface area contributed by atoms with Crippen LogP contribution in [-0.2, 0) is 0 Å². The van der Waals surface area contributed by atoms with Gasteiger partial charge in [-0.2, -0.15) is 0 Å². The molecule has 8 aromatic carbocycles. The summed E-state index contributed by atoms with van der Waals surface area (Å²) in [7, 11) is 0. The third-order valence-corrected chi connectivity index (χ3v) is 10.8. The lowest BCUT2D eigenvalue weighted by Crippen LogP contribution is -2.09. The van der Waals surface area contributed by atoms with Gasteiger partial charge < -0.3 is 9.32 Å². The van der Waals surface area contributed by atoms with Crippen molar-refractivity contribution in [3.05, 3.63) is 176 Å². The predicted molar refractivity (Wildman–Crippen MR) is 210 cm³/mol. The third kappa shape index (κ3) is 4.62. The van der Waals surface area contributed by atoms with Crippen LogP contribution >= 0.6 is 11.3 Å². The molecule has 0 saturated heterocycles. The molecule has 2 aromatic heterocycles. The van der Waals surface area contributed by atoms with Crippen LogP contribution in [0.1, 0.15) is 0 Å². The number of rotatable bonds is 5. The number of hydrogen-bond acceptors (Lipinski definition) is 3. The first-order chi connectivity index (χ1) is 24.3. The Hall–Kier alpha value is -6.16. The number of hydrogen-bond donors (Lipinski definition) is 0. The van der Waals surface area contributed by atoms with E-state index < -0.39 is 0 Å². The number of furan rings is 1. The molecule has 0 radical (unpaired) electrons. The van der Waals surface area contributed by atoms with Crippen LogP contribution in [0.4, 0.5) is 17.1 Å². The van der Waals surface area contributed by atoms with Gasteiger partial charge in [0.2, 0.25) is 0 Å². The Balaban J connectivity index is 1.11. The second kappa shape index (κ2) is 11.2. The molecule has 0 saturated carbocycles. The van der Waals surface area contributed by atoms with Gasteiger partial charge in [0.15, 0.2) is 0 Å². The summed E-state index contributed by atoms with van der Waals surface area (Å²) in [5.41, 5.74) is 9.80. The molecule has 0 atom stereocenters. The minimum absolute atomic E-state index is 0.913. The third-order valence-electron chi connectivity index (χ3n) is 9.68. The number of para-hydroxylation sites is 2. The van der Waals surface area contributed by atoms with Crippen LogP contribution in [0, 0.1) is 0 Å². The van der Waals surface area contributed by atoms with Gasteiger partial charge in [-0.05, 0) is 76.0 Å². The van der Waals surface area contributed by atoms with E-state index in [1.807, 2.05) is 23.5 Å². The van der Waals surface area contributed by atoms with E-state index in [0.29, 0.717) is 0 Å². The highest BCUT2D eigenvalue weighted by molar-refractivity contribution is 7.26. The van der Waals surface area contributed by atoms with Crippen molar-refractivity contribution < 1.29 is 4.42 Å². The molecule has 0 aliphatic heterocycles. The van der Waals surface area contributed by atoms with E-state index in [1.165, 1.54) is 42.1 Å². The van der Waals surface area contributed by atoms with Crippen LogP contribution in [0.25, 0.3) is 75.1 Å². The van der Waals surface area contributed by atoms with Crippen LogP contribution in [0.3, 0.4) is 0 Å².